The molecule has 9 atom stereocenters. The van der Waals surface area contributed by atoms with Gasteiger partial charge in [-0.3, -0.25) is 9.59 Å². The summed E-state index contributed by atoms with van der Waals surface area (Å²) in [5, 5.41) is 22.0. The van der Waals surface area contributed by atoms with Crippen LogP contribution in [0.4, 0.5) is 0 Å². The SMILES string of the molecule is C[C@]12[C@@H](O)C[C@@]3(C)[C@@H](C[C@H]4O[C@@H](C5CCSCC5)O[C@]43C(=O)CO)[C@@H]1CCC1=CC(=O)C=C[C@@]12C. The summed E-state index contributed by atoms with van der Waals surface area (Å²) in [6, 6.07) is 0. The summed E-state index contributed by atoms with van der Waals surface area (Å²) in [7, 11) is 0. The molecule has 4 aliphatic carbocycles. The maximum atomic E-state index is 13.6. The summed E-state index contributed by atoms with van der Waals surface area (Å²) >= 11 is 1.94. The van der Waals surface area contributed by atoms with Crippen LogP contribution in [0.2, 0.25) is 0 Å². The summed E-state index contributed by atoms with van der Waals surface area (Å²) in [5.74, 6) is 2.38. The van der Waals surface area contributed by atoms with Crippen LogP contribution in [0.25, 0.3) is 0 Å². The highest BCUT2D eigenvalue weighted by atomic mass is 32.2. The fourth-order valence-corrected chi connectivity index (χ4v) is 10.4. The quantitative estimate of drug-likeness (QED) is 0.611. The lowest BCUT2D eigenvalue weighted by Gasteiger charge is -2.65. The van der Waals surface area contributed by atoms with Gasteiger partial charge in [0.2, 0.25) is 0 Å². The number of allylic oxidation sites excluding steroid dienone is 4. The zero-order valence-electron chi connectivity index (χ0n) is 21.0. The van der Waals surface area contributed by atoms with Crippen LogP contribution in [0.15, 0.2) is 23.8 Å². The minimum atomic E-state index is -1.22. The lowest BCUT2D eigenvalue weighted by atomic mass is 9.39. The van der Waals surface area contributed by atoms with Crippen molar-refractivity contribution in [2.24, 2.45) is 34.0 Å². The van der Waals surface area contributed by atoms with E-state index in [4.69, 9.17) is 9.47 Å². The number of hydrogen-bond acceptors (Lipinski definition) is 7. The van der Waals surface area contributed by atoms with E-state index in [2.05, 4.69) is 20.8 Å². The molecule has 0 amide bonds. The van der Waals surface area contributed by atoms with Gasteiger partial charge in [0.05, 0.1) is 12.2 Å². The molecule has 35 heavy (non-hydrogen) atoms. The van der Waals surface area contributed by atoms with Gasteiger partial charge in [0.1, 0.15) is 6.61 Å². The van der Waals surface area contributed by atoms with Crippen molar-refractivity contribution in [2.45, 2.75) is 83.4 Å². The van der Waals surface area contributed by atoms with E-state index in [0.29, 0.717) is 12.8 Å². The maximum Gasteiger partial charge on any atom is 0.193 e. The monoisotopic (exact) mass is 502 g/mol. The highest BCUT2D eigenvalue weighted by molar-refractivity contribution is 7.99. The van der Waals surface area contributed by atoms with Crippen molar-refractivity contribution < 1.29 is 29.3 Å². The average molecular weight is 503 g/mol. The number of aliphatic hydroxyl groups is 2. The molecule has 0 bridgehead atoms. The summed E-state index contributed by atoms with van der Waals surface area (Å²) in [5.41, 5.74) is -1.64. The number of rotatable bonds is 3. The number of thioether (sulfide) groups is 1. The zero-order valence-corrected chi connectivity index (χ0v) is 21.8. The Morgan fingerprint density at radius 2 is 1.91 bits per heavy atom. The topological polar surface area (TPSA) is 93.1 Å². The molecule has 0 aromatic rings. The Bertz CT molecular complexity index is 1000. The van der Waals surface area contributed by atoms with Crippen molar-refractivity contribution >= 4 is 23.3 Å². The van der Waals surface area contributed by atoms with Gasteiger partial charge in [-0.05, 0) is 74.0 Å². The summed E-state index contributed by atoms with van der Waals surface area (Å²) in [6.07, 6.45) is 8.70. The molecule has 5 fully saturated rings. The van der Waals surface area contributed by atoms with Gasteiger partial charge < -0.3 is 19.7 Å². The standard InChI is InChI=1S/C28H38O6S/c1-25-9-6-18(30)12-17(25)4-5-19-20-13-23-28(22(32)15-29,26(20,2)14-21(31)27(19,25)3)34-24(33-23)16-7-10-35-11-8-16/h6,9,12,16,19-21,23-24,29,31H,4-5,7-8,10-11,13-15H2,1-3H3/t19-,20-,21-,23+,24+,25-,26-,27+,28+/m0/s1. The van der Waals surface area contributed by atoms with Crippen LogP contribution in [-0.2, 0) is 19.1 Å². The van der Waals surface area contributed by atoms with E-state index < -0.39 is 47.0 Å². The molecule has 0 aromatic heterocycles. The highest BCUT2D eigenvalue weighted by Crippen LogP contribution is 2.73. The summed E-state index contributed by atoms with van der Waals surface area (Å²) < 4.78 is 13.3. The van der Waals surface area contributed by atoms with Crippen molar-refractivity contribution in [1.82, 2.24) is 0 Å². The molecule has 2 heterocycles. The normalized spacial score (nSPS) is 51.3. The van der Waals surface area contributed by atoms with E-state index >= 15 is 0 Å². The number of ether oxygens (including phenoxy) is 2. The Kier molecular flexibility index (Phi) is 5.57. The van der Waals surface area contributed by atoms with E-state index in [1.807, 2.05) is 17.8 Å². The van der Waals surface area contributed by atoms with E-state index in [0.717, 1.165) is 42.8 Å². The molecule has 0 unspecified atom stereocenters. The van der Waals surface area contributed by atoms with Crippen LogP contribution in [0, 0.1) is 34.0 Å². The molecule has 0 aromatic carbocycles. The first-order valence-corrected chi connectivity index (χ1v) is 14.4. The fraction of sp³-hybridized carbons (Fsp3) is 0.786. The minimum Gasteiger partial charge on any atom is -0.392 e. The van der Waals surface area contributed by atoms with Crippen LogP contribution in [-0.4, -0.2) is 64.0 Å². The first-order chi connectivity index (χ1) is 16.6. The van der Waals surface area contributed by atoms with Gasteiger partial charge in [-0.25, -0.2) is 0 Å². The molecule has 6 aliphatic rings. The number of hydrogen-bond donors (Lipinski definition) is 2. The number of Topliss-reactive ketones (excluding diaryl/α,β-unsaturated/α-hetero) is 1. The molecule has 2 aliphatic heterocycles. The summed E-state index contributed by atoms with van der Waals surface area (Å²) in [6.45, 7) is 5.86. The predicted octanol–water partition coefficient (Wildman–Crippen LogP) is 3.45. The number of carbonyl (C=O) groups is 2. The number of ketones is 2. The first-order valence-electron chi connectivity index (χ1n) is 13.3. The molecule has 2 N–H and O–H groups in total. The van der Waals surface area contributed by atoms with E-state index in [-0.39, 0.29) is 29.3 Å². The molecule has 3 saturated carbocycles. The lowest BCUT2D eigenvalue weighted by molar-refractivity contribution is -0.227. The van der Waals surface area contributed by atoms with Crippen LogP contribution in [0.3, 0.4) is 0 Å². The Labute approximate surface area is 211 Å². The van der Waals surface area contributed by atoms with Crippen molar-refractivity contribution in [3.63, 3.8) is 0 Å². The largest absolute Gasteiger partial charge is 0.392 e. The molecule has 0 spiro atoms. The van der Waals surface area contributed by atoms with E-state index in [9.17, 15) is 19.8 Å². The van der Waals surface area contributed by atoms with Gasteiger partial charge >= 0.3 is 0 Å². The smallest absolute Gasteiger partial charge is 0.193 e. The summed E-state index contributed by atoms with van der Waals surface area (Å²) in [4.78, 5) is 25.7. The Morgan fingerprint density at radius 3 is 2.63 bits per heavy atom. The average Bonchev–Trinajstić information content (AvgIpc) is 3.34. The molecule has 6 nitrogen and oxygen atoms in total. The zero-order chi connectivity index (χ0) is 24.8. The van der Waals surface area contributed by atoms with Crippen LogP contribution in [0.1, 0.15) is 59.3 Å². The highest BCUT2D eigenvalue weighted by Gasteiger charge is 2.78. The van der Waals surface area contributed by atoms with Gasteiger partial charge in [0.15, 0.2) is 23.5 Å². The van der Waals surface area contributed by atoms with Crippen molar-refractivity contribution in [3.8, 4) is 0 Å². The molecule has 192 valence electrons. The van der Waals surface area contributed by atoms with Gasteiger partial charge in [-0.2, -0.15) is 11.8 Å². The number of carbonyl (C=O) groups excluding carboxylic acids is 2. The second kappa shape index (κ2) is 8.00. The Morgan fingerprint density at radius 1 is 1.17 bits per heavy atom. The third-order valence-electron chi connectivity index (χ3n) is 11.4. The maximum absolute atomic E-state index is 13.6. The van der Waals surface area contributed by atoms with E-state index in [1.54, 1.807) is 12.2 Å². The molecular formula is C28H38O6S. The molecular weight excluding hydrogens is 464 g/mol. The predicted molar refractivity (Wildman–Crippen MR) is 133 cm³/mol. The third kappa shape index (κ3) is 2.93. The van der Waals surface area contributed by atoms with Crippen molar-refractivity contribution in [2.75, 3.05) is 18.1 Å². The van der Waals surface area contributed by atoms with Gasteiger partial charge in [0.25, 0.3) is 0 Å². The Hall–Kier alpha value is -0.990. The Balaban J connectivity index is 1.40. The molecule has 2 saturated heterocycles. The van der Waals surface area contributed by atoms with Crippen molar-refractivity contribution in [3.05, 3.63) is 23.8 Å². The van der Waals surface area contributed by atoms with Gasteiger partial charge in [-0.1, -0.05) is 32.4 Å². The van der Waals surface area contributed by atoms with Crippen LogP contribution < -0.4 is 0 Å². The number of aliphatic hydroxyl groups excluding tert-OH is 2. The molecule has 7 heteroatoms. The fourth-order valence-electron chi connectivity index (χ4n) is 9.23. The van der Waals surface area contributed by atoms with E-state index in [1.165, 1.54) is 0 Å². The van der Waals surface area contributed by atoms with Crippen molar-refractivity contribution in [1.29, 1.82) is 0 Å². The molecule has 0 radical (unpaired) electrons. The second-order valence-electron chi connectivity index (χ2n) is 12.4. The lowest BCUT2D eigenvalue weighted by Crippen LogP contribution is -2.67. The molecule has 6 rings (SSSR count). The van der Waals surface area contributed by atoms with Gasteiger partial charge in [0, 0.05) is 22.2 Å². The number of fused-ring (bicyclic) bond motifs is 7. The minimum absolute atomic E-state index is 0.0199. The van der Waals surface area contributed by atoms with Gasteiger partial charge in [-0.15, -0.1) is 0 Å². The third-order valence-corrected chi connectivity index (χ3v) is 12.4. The van der Waals surface area contributed by atoms with Crippen LogP contribution in [0.5, 0.6) is 0 Å². The van der Waals surface area contributed by atoms with Crippen LogP contribution >= 0.6 is 11.8 Å². The first kappa shape index (κ1) is 24.4. The second-order valence-corrected chi connectivity index (χ2v) is 13.6.